The molecule has 0 unspecified atom stereocenters. The number of hydrogen-bond donors (Lipinski definition) is 1. The van der Waals surface area contributed by atoms with Gasteiger partial charge in [-0.15, -0.1) is 0 Å². The molecule has 0 radical (unpaired) electrons. The summed E-state index contributed by atoms with van der Waals surface area (Å²) >= 11 is 0. The van der Waals surface area contributed by atoms with Crippen molar-refractivity contribution >= 4 is 5.71 Å². The first-order valence-corrected chi connectivity index (χ1v) is 3.71. The van der Waals surface area contributed by atoms with Crippen molar-refractivity contribution in [3.8, 4) is 0 Å². The first-order valence-electron chi connectivity index (χ1n) is 3.71. The van der Waals surface area contributed by atoms with Crippen LogP contribution in [0.25, 0.3) is 0 Å². The van der Waals surface area contributed by atoms with E-state index in [0.717, 1.165) is 18.6 Å². The minimum atomic E-state index is 0.582. The van der Waals surface area contributed by atoms with Gasteiger partial charge >= 0.3 is 0 Å². The van der Waals surface area contributed by atoms with Crippen LogP contribution >= 0.6 is 0 Å². The summed E-state index contributed by atoms with van der Waals surface area (Å²) in [6.07, 6.45) is 5.83. The zero-order valence-electron chi connectivity index (χ0n) is 6.80. The molecule has 0 aromatic heterocycles. The molecule has 2 nitrogen and oxygen atoms in total. The van der Waals surface area contributed by atoms with Crippen molar-refractivity contribution in [3.63, 3.8) is 0 Å². The smallest absolute Gasteiger partial charge is 0.0314 e. The average Bonchev–Trinajstić information content (AvgIpc) is 1.98. The van der Waals surface area contributed by atoms with Gasteiger partial charge in [0.25, 0.3) is 0 Å². The van der Waals surface area contributed by atoms with Gasteiger partial charge in [-0.25, -0.2) is 0 Å². The van der Waals surface area contributed by atoms with Gasteiger partial charge in [0.2, 0.25) is 0 Å². The van der Waals surface area contributed by atoms with E-state index >= 15 is 0 Å². The molecular formula is C8H16N2. The van der Waals surface area contributed by atoms with Gasteiger partial charge in [0.05, 0.1) is 0 Å². The molecule has 0 saturated carbocycles. The van der Waals surface area contributed by atoms with Gasteiger partial charge in [-0.2, -0.15) is 0 Å². The highest BCUT2D eigenvalue weighted by Crippen LogP contribution is 1.91. The minimum Gasteiger partial charge on any atom is -0.325 e. The summed E-state index contributed by atoms with van der Waals surface area (Å²) in [5.74, 6) is 0. The number of nitrogens with zero attached hydrogens (tertiary/aromatic N) is 1. The van der Waals surface area contributed by atoms with E-state index in [2.05, 4.69) is 11.9 Å². The molecule has 0 atom stereocenters. The largest absolute Gasteiger partial charge is 0.325 e. The van der Waals surface area contributed by atoms with Crippen LogP contribution in [0.4, 0.5) is 0 Å². The van der Waals surface area contributed by atoms with Gasteiger partial charge in [-0.3, -0.25) is 4.99 Å². The second-order valence-corrected chi connectivity index (χ2v) is 2.13. The molecule has 0 saturated heterocycles. The van der Waals surface area contributed by atoms with Crippen LogP contribution in [0.15, 0.2) is 17.3 Å². The zero-order valence-corrected chi connectivity index (χ0v) is 6.80. The normalized spacial score (nSPS) is 12.9. The van der Waals surface area contributed by atoms with E-state index in [0.29, 0.717) is 6.54 Å². The van der Waals surface area contributed by atoms with Gasteiger partial charge in [-0.05, 0) is 13.3 Å². The molecule has 58 valence electrons. The van der Waals surface area contributed by atoms with Crippen molar-refractivity contribution < 1.29 is 0 Å². The lowest BCUT2D eigenvalue weighted by atomic mass is 10.2. The van der Waals surface area contributed by atoms with Crippen molar-refractivity contribution in [2.75, 3.05) is 6.54 Å². The van der Waals surface area contributed by atoms with E-state index in [1.54, 1.807) is 6.20 Å². The fraction of sp³-hybridized carbons (Fsp3) is 0.625. The van der Waals surface area contributed by atoms with E-state index < -0.39 is 0 Å². The first-order chi connectivity index (χ1) is 4.85. The zero-order chi connectivity index (χ0) is 7.82. The van der Waals surface area contributed by atoms with Gasteiger partial charge in [0, 0.05) is 18.5 Å². The maximum atomic E-state index is 5.43. The molecule has 0 aliphatic carbocycles. The Morgan fingerprint density at radius 2 is 2.30 bits per heavy atom. The number of hydrogen-bond acceptors (Lipinski definition) is 2. The first kappa shape index (κ1) is 9.37. The molecule has 0 aromatic rings. The number of allylic oxidation sites excluding steroid dienone is 1. The summed E-state index contributed by atoms with van der Waals surface area (Å²) in [5, 5.41) is 0. The molecule has 0 amide bonds. The highest BCUT2D eigenvalue weighted by Gasteiger charge is 1.90. The van der Waals surface area contributed by atoms with Crippen LogP contribution in [0.5, 0.6) is 0 Å². The lowest BCUT2D eigenvalue weighted by molar-refractivity contribution is 0.973. The van der Waals surface area contributed by atoms with Crippen LogP contribution in [-0.2, 0) is 0 Å². The standard InChI is InChI=1S/C8H16N2/c1-3-5-8(7-9)10-6-4-2/h4,6H,3,5,7,9H2,1-2H3/b6-4+,10-8?. The van der Waals surface area contributed by atoms with E-state index in [1.165, 1.54) is 0 Å². The summed E-state index contributed by atoms with van der Waals surface area (Å²) in [5.41, 5.74) is 6.52. The van der Waals surface area contributed by atoms with Gasteiger partial charge in [0.15, 0.2) is 0 Å². The Bertz CT molecular complexity index is 125. The monoisotopic (exact) mass is 140 g/mol. The van der Waals surface area contributed by atoms with Crippen LogP contribution in [0, 0.1) is 0 Å². The van der Waals surface area contributed by atoms with Crippen molar-refractivity contribution in [2.45, 2.75) is 26.7 Å². The lowest BCUT2D eigenvalue weighted by Gasteiger charge is -1.96. The maximum Gasteiger partial charge on any atom is 0.0314 e. The van der Waals surface area contributed by atoms with Gasteiger partial charge in [0.1, 0.15) is 0 Å². The van der Waals surface area contributed by atoms with Crippen LogP contribution in [0.3, 0.4) is 0 Å². The average molecular weight is 140 g/mol. The Kier molecular flexibility index (Phi) is 6.08. The molecule has 10 heavy (non-hydrogen) atoms. The third-order valence-corrected chi connectivity index (χ3v) is 1.18. The summed E-state index contributed by atoms with van der Waals surface area (Å²) in [4.78, 5) is 4.16. The van der Waals surface area contributed by atoms with Crippen molar-refractivity contribution in [2.24, 2.45) is 10.7 Å². The van der Waals surface area contributed by atoms with Gasteiger partial charge < -0.3 is 5.73 Å². The lowest BCUT2D eigenvalue weighted by Crippen LogP contribution is -2.12. The fourth-order valence-electron chi connectivity index (χ4n) is 0.688. The minimum absolute atomic E-state index is 0.582. The molecule has 0 spiro atoms. The van der Waals surface area contributed by atoms with Crippen LogP contribution in [0.2, 0.25) is 0 Å². The number of nitrogens with two attached hydrogens (primary N) is 1. The quantitative estimate of drug-likeness (QED) is 0.593. The summed E-state index contributed by atoms with van der Waals surface area (Å²) < 4.78 is 0. The Balaban J connectivity index is 3.78. The van der Waals surface area contributed by atoms with Crippen molar-refractivity contribution in [1.29, 1.82) is 0 Å². The predicted molar refractivity (Wildman–Crippen MR) is 46.2 cm³/mol. The Labute approximate surface area is 62.8 Å². The fourth-order valence-corrected chi connectivity index (χ4v) is 0.688. The van der Waals surface area contributed by atoms with E-state index in [9.17, 15) is 0 Å². The molecule has 0 rings (SSSR count). The molecule has 0 bridgehead atoms. The number of rotatable bonds is 4. The number of aliphatic imine (C=N–C) groups is 1. The van der Waals surface area contributed by atoms with Crippen molar-refractivity contribution in [1.82, 2.24) is 0 Å². The second kappa shape index (κ2) is 6.49. The summed E-state index contributed by atoms with van der Waals surface area (Å²) in [6, 6.07) is 0. The third-order valence-electron chi connectivity index (χ3n) is 1.18. The molecule has 0 fully saturated rings. The highest BCUT2D eigenvalue weighted by molar-refractivity contribution is 5.86. The molecule has 0 heterocycles. The van der Waals surface area contributed by atoms with Crippen molar-refractivity contribution in [3.05, 3.63) is 12.3 Å². The Hall–Kier alpha value is -0.630. The Morgan fingerprint density at radius 3 is 2.70 bits per heavy atom. The molecule has 0 aromatic carbocycles. The molecule has 2 heteroatoms. The molecule has 2 N–H and O–H groups in total. The highest BCUT2D eigenvalue weighted by atomic mass is 14.7. The summed E-state index contributed by atoms with van der Waals surface area (Å²) in [6.45, 7) is 4.66. The summed E-state index contributed by atoms with van der Waals surface area (Å²) in [7, 11) is 0. The SMILES string of the molecule is C/C=C/N=C(CN)CCC. The molecular weight excluding hydrogens is 124 g/mol. The topological polar surface area (TPSA) is 38.4 Å². The van der Waals surface area contributed by atoms with E-state index in [1.807, 2.05) is 13.0 Å². The maximum absolute atomic E-state index is 5.43. The van der Waals surface area contributed by atoms with E-state index in [4.69, 9.17) is 5.73 Å². The molecule has 0 aliphatic rings. The van der Waals surface area contributed by atoms with E-state index in [-0.39, 0.29) is 0 Å². The van der Waals surface area contributed by atoms with Crippen LogP contribution in [-0.4, -0.2) is 12.3 Å². The molecule has 0 aliphatic heterocycles. The Morgan fingerprint density at radius 1 is 1.60 bits per heavy atom. The second-order valence-electron chi connectivity index (χ2n) is 2.13. The van der Waals surface area contributed by atoms with Gasteiger partial charge in [-0.1, -0.05) is 19.4 Å². The van der Waals surface area contributed by atoms with Crippen LogP contribution in [0.1, 0.15) is 26.7 Å². The third kappa shape index (κ3) is 4.27. The predicted octanol–water partition coefficient (Wildman–Crippen LogP) is 1.72. The van der Waals surface area contributed by atoms with Crippen LogP contribution < -0.4 is 5.73 Å².